The highest BCUT2D eigenvalue weighted by Crippen LogP contribution is 2.31. The van der Waals surface area contributed by atoms with Gasteiger partial charge in [0, 0.05) is 31.5 Å². The van der Waals surface area contributed by atoms with Crippen molar-refractivity contribution in [2.45, 2.75) is 30.7 Å². The van der Waals surface area contributed by atoms with Crippen molar-refractivity contribution >= 4 is 5.91 Å². The van der Waals surface area contributed by atoms with Gasteiger partial charge >= 0.3 is 0 Å². The van der Waals surface area contributed by atoms with E-state index in [1.807, 2.05) is 11.0 Å². The van der Waals surface area contributed by atoms with Crippen LogP contribution in [0.15, 0.2) is 48.5 Å². The van der Waals surface area contributed by atoms with Gasteiger partial charge in [0.25, 0.3) is 0 Å². The number of hydrogen-bond acceptors (Lipinski definition) is 2. The Hall–Kier alpha value is -2.27. The molecular formula is C21H22F2N2O. The van der Waals surface area contributed by atoms with E-state index < -0.39 is 0 Å². The van der Waals surface area contributed by atoms with Gasteiger partial charge in [-0.15, -0.1) is 0 Å². The molecule has 5 heteroatoms. The molecule has 2 fully saturated rings. The smallest absolute Gasteiger partial charge is 0.239 e. The number of carbonyl (C=O) groups is 1. The minimum absolute atomic E-state index is 0.0284. The molecule has 2 aliphatic rings. The zero-order valence-corrected chi connectivity index (χ0v) is 14.5. The highest BCUT2D eigenvalue weighted by atomic mass is 19.1. The van der Waals surface area contributed by atoms with Crippen molar-refractivity contribution in [1.82, 2.24) is 10.2 Å². The second kappa shape index (κ2) is 7.16. The highest BCUT2D eigenvalue weighted by Gasteiger charge is 2.36. The lowest BCUT2D eigenvalue weighted by Gasteiger charge is -2.21. The van der Waals surface area contributed by atoms with E-state index in [4.69, 9.17) is 0 Å². The lowest BCUT2D eigenvalue weighted by atomic mass is 9.95. The number of benzene rings is 2. The first kappa shape index (κ1) is 17.2. The van der Waals surface area contributed by atoms with E-state index in [1.54, 1.807) is 24.3 Å². The second-order valence-electron chi connectivity index (χ2n) is 7.24. The normalized spacial score (nSPS) is 25.6. The minimum atomic E-state index is -0.258. The predicted molar refractivity (Wildman–Crippen MR) is 95.9 cm³/mol. The lowest BCUT2D eigenvalue weighted by molar-refractivity contribution is -0.132. The number of rotatable bonds is 3. The topological polar surface area (TPSA) is 32.3 Å². The molecule has 0 radical (unpaired) electrons. The van der Waals surface area contributed by atoms with Crippen LogP contribution in [-0.4, -0.2) is 36.5 Å². The van der Waals surface area contributed by atoms with Gasteiger partial charge in [-0.1, -0.05) is 30.3 Å². The van der Waals surface area contributed by atoms with Gasteiger partial charge in [0.15, 0.2) is 0 Å². The molecule has 2 aromatic rings. The number of nitrogens with one attached hydrogen (secondary N) is 1. The summed E-state index contributed by atoms with van der Waals surface area (Å²) >= 11 is 0. The Kier molecular flexibility index (Phi) is 4.72. The molecule has 0 bridgehead atoms. The monoisotopic (exact) mass is 356 g/mol. The first-order chi connectivity index (χ1) is 12.6. The lowest BCUT2D eigenvalue weighted by Crippen LogP contribution is -2.42. The fourth-order valence-corrected chi connectivity index (χ4v) is 4.15. The van der Waals surface area contributed by atoms with Gasteiger partial charge in [0.1, 0.15) is 11.6 Å². The molecule has 1 unspecified atom stereocenters. The van der Waals surface area contributed by atoms with E-state index in [-0.39, 0.29) is 35.4 Å². The van der Waals surface area contributed by atoms with Crippen LogP contribution in [0.2, 0.25) is 0 Å². The van der Waals surface area contributed by atoms with Gasteiger partial charge < -0.3 is 10.2 Å². The fourth-order valence-electron chi connectivity index (χ4n) is 4.15. The first-order valence-electron chi connectivity index (χ1n) is 9.14. The number of nitrogens with zero attached hydrogens (tertiary/aromatic N) is 1. The van der Waals surface area contributed by atoms with E-state index in [0.29, 0.717) is 31.6 Å². The van der Waals surface area contributed by atoms with Crippen LogP contribution >= 0.6 is 0 Å². The summed E-state index contributed by atoms with van der Waals surface area (Å²) in [4.78, 5) is 14.7. The molecule has 1 N–H and O–H groups in total. The van der Waals surface area contributed by atoms with E-state index in [9.17, 15) is 13.6 Å². The zero-order chi connectivity index (χ0) is 18.1. The van der Waals surface area contributed by atoms with Crippen molar-refractivity contribution in [1.29, 1.82) is 0 Å². The Balaban J connectivity index is 1.38. The molecule has 0 aromatic heterocycles. The molecule has 4 rings (SSSR count). The summed E-state index contributed by atoms with van der Waals surface area (Å²) in [7, 11) is 0. The Labute approximate surface area is 152 Å². The SMILES string of the molecule is O=C([C@@H]1C[C@H](c2ccccc2F)CN1)N1CCC(c2ccc(F)cc2)C1. The molecule has 3 atom stereocenters. The van der Waals surface area contributed by atoms with Crippen molar-refractivity contribution in [2.75, 3.05) is 19.6 Å². The number of carbonyl (C=O) groups excluding carboxylic acids is 1. The largest absolute Gasteiger partial charge is 0.341 e. The number of amides is 1. The van der Waals surface area contributed by atoms with Gasteiger partial charge in [-0.3, -0.25) is 4.79 Å². The average Bonchev–Trinajstić information content (AvgIpc) is 3.32. The summed E-state index contributed by atoms with van der Waals surface area (Å²) in [6.45, 7) is 1.99. The molecule has 0 saturated carbocycles. The summed E-state index contributed by atoms with van der Waals surface area (Å²) in [5.41, 5.74) is 1.76. The van der Waals surface area contributed by atoms with Crippen LogP contribution in [0.1, 0.15) is 35.8 Å². The third-order valence-corrected chi connectivity index (χ3v) is 5.62. The van der Waals surface area contributed by atoms with Gasteiger partial charge in [0.05, 0.1) is 6.04 Å². The Bertz CT molecular complexity index is 793. The highest BCUT2D eigenvalue weighted by molar-refractivity contribution is 5.82. The standard InChI is InChI=1S/C21H22F2N2O/c22-17-7-5-14(6-8-17)15-9-10-25(13-15)21(26)20-11-16(12-24-20)18-3-1-2-4-19(18)23/h1-8,15-16,20,24H,9-13H2/t15?,16-,20-/m0/s1. The summed E-state index contributed by atoms with van der Waals surface area (Å²) in [5, 5.41) is 3.26. The fraction of sp³-hybridized carbons (Fsp3) is 0.381. The van der Waals surface area contributed by atoms with Gasteiger partial charge in [0.2, 0.25) is 5.91 Å². The van der Waals surface area contributed by atoms with E-state index >= 15 is 0 Å². The number of halogens is 2. The van der Waals surface area contributed by atoms with Crippen molar-refractivity contribution in [3.8, 4) is 0 Å². The molecule has 2 heterocycles. The predicted octanol–water partition coefficient (Wildman–Crippen LogP) is 3.43. The maximum Gasteiger partial charge on any atom is 0.239 e. The second-order valence-corrected chi connectivity index (χ2v) is 7.24. The molecule has 136 valence electrons. The van der Waals surface area contributed by atoms with Crippen molar-refractivity contribution in [2.24, 2.45) is 0 Å². The van der Waals surface area contributed by atoms with Crippen LogP contribution in [0.25, 0.3) is 0 Å². The third-order valence-electron chi connectivity index (χ3n) is 5.62. The van der Waals surface area contributed by atoms with Gasteiger partial charge in [-0.2, -0.15) is 0 Å². The average molecular weight is 356 g/mol. The molecule has 1 amide bonds. The molecule has 0 spiro atoms. The summed E-state index contributed by atoms with van der Waals surface area (Å²) in [5.74, 6) is -0.0728. The first-order valence-corrected chi connectivity index (χ1v) is 9.14. The van der Waals surface area contributed by atoms with E-state index in [0.717, 1.165) is 12.0 Å². The summed E-state index contributed by atoms with van der Waals surface area (Å²) in [6.07, 6.45) is 1.51. The van der Waals surface area contributed by atoms with E-state index in [2.05, 4.69) is 5.32 Å². The Morgan fingerprint density at radius 3 is 2.58 bits per heavy atom. The minimum Gasteiger partial charge on any atom is -0.341 e. The summed E-state index contributed by atoms with van der Waals surface area (Å²) in [6, 6.07) is 13.1. The van der Waals surface area contributed by atoms with Crippen LogP contribution < -0.4 is 5.32 Å². The maximum absolute atomic E-state index is 14.0. The molecule has 2 saturated heterocycles. The van der Waals surface area contributed by atoms with Crippen molar-refractivity contribution in [3.05, 3.63) is 71.3 Å². The van der Waals surface area contributed by atoms with Crippen LogP contribution in [0.5, 0.6) is 0 Å². The van der Waals surface area contributed by atoms with Gasteiger partial charge in [-0.05, 0) is 42.2 Å². The van der Waals surface area contributed by atoms with Crippen LogP contribution in [0.3, 0.4) is 0 Å². The quantitative estimate of drug-likeness (QED) is 0.914. The van der Waals surface area contributed by atoms with Crippen LogP contribution in [-0.2, 0) is 4.79 Å². The number of hydrogen-bond donors (Lipinski definition) is 1. The van der Waals surface area contributed by atoms with Crippen LogP contribution in [0.4, 0.5) is 8.78 Å². The molecule has 2 aromatic carbocycles. The zero-order valence-electron chi connectivity index (χ0n) is 14.5. The molecule has 3 nitrogen and oxygen atoms in total. The molecule has 2 aliphatic heterocycles. The summed E-state index contributed by atoms with van der Waals surface area (Å²) < 4.78 is 27.1. The molecular weight excluding hydrogens is 334 g/mol. The van der Waals surface area contributed by atoms with Crippen molar-refractivity contribution < 1.29 is 13.6 Å². The Morgan fingerprint density at radius 1 is 1.04 bits per heavy atom. The van der Waals surface area contributed by atoms with Crippen molar-refractivity contribution in [3.63, 3.8) is 0 Å². The Morgan fingerprint density at radius 2 is 1.81 bits per heavy atom. The molecule has 0 aliphatic carbocycles. The van der Waals surface area contributed by atoms with Gasteiger partial charge in [-0.25, -0.2) is 8.78 Å². The maximum atomic E-state index is 14.0. The van der Waals surface area contributed by atoms with E-state index in [1.165, 1.54) is 18.2 Å². The third kappa shape index (κ3) is 3.36. The number of likely N-dealkylation sites (tertiary alicyclic amines) is 1. The van der Waals surface area contributed by atoms with Crippen LogP contribution in [0, 0.1) is 11.6 Å². The molecule has 26 heavy (non-hydrogen) atoms.